The highest BCUT2D eigenvalue weighted by Crippen LogP contribution is 2.38. The number of ether oxygens (including phenoxy) is 1. The summed E-state index contributed by atoms with van der Waals surface area (Å²) in [6.07, 6.45) is -5.34. The van der Waals surface area contributed by atoms with Crippen molar-refractivity contribution >= 4 is 28.7 Å². The predicted molar refractivity (Wildman–Crippen MR) is 115 cm³/mol. The number of fused-ring (bicyclic) bond motifs is 1. The second kappa shape index (κ2) is 9.84. The van der Waals surface area contributed by atoms with Crippen molar-refractivity contribution in [1.82, 2.24) is 9.88 Å². The van der Waals surface area contributed by atoms with Gasteiger partial charge in [-0.3, -0.25) is 19.0 Å². The molecule has 0 aliphatic rings. The summed E-state index contributed by atoms with van der Waals surface area (Å²) < 4.78 is 71.1. The number of amides is 1. The van der Waals surface area contributed by atoms with Gasteiger partial charge in [0.25, 0.3) is 5.91 Å². The maximum absolute atomic E-state index is 15.0. The zero-order chi connectivity index (χ0) is 26.9. The number of rotatable bonds is 7. The van der Waals surface area contributed by atoms with Crippen LogP contribution in [0.1, 0.15) is 40.9 Å². The first-order chi connectivity index (χ1) is 16.7. The zero-order valence-corrected chi connectivity index (χ0v) is 18.7. The molecule has 192 valence electrons. The number of nitrogens with one attached hydrogen (secondary N) is 1. The fraction of sp³-hybridized carbons (Fsp3) is 0.261. The van der Waals surface area contributed by atoms with Gasteiger partial charge in [-0.15, -0.1) is 13.2 Å². The molecule has 0 fully saturated rings. The molecule has 1 atom stereocenters. The first-order valence-electron chi connectivity index (χ1n) is 10.3. The monoisotopic (exact) mass is 514 g/mol. The first-order valence-corrected chi connectivity index (χ1v) is 10.3. The topological polar surface area (TPSA) is 118 Å². The highest BCUT2D eigenvalue weighted by molar-refractivity contribution is 6.06. The van der Waals surface area contributed by atoms with Crippen LogP contribution < -0.4 is 10.1 Å². The summed E-state index contributed by atoms with van der Waals surface area (Å²) in [6, 6.07) is 4.49. The SMILES string of the molecule is Cc1c(C(C)C(=O)NCCC(=O)O)c2c(F)c(O)c(F)cc2n1C(=O)c1ccc(OC(F)(F)F)cc1. The number of phenols is 1. The van der Waals surface area contributed by atoms with Crippen molar-refractivity contribution in [2.75, 3.05) is 6.54 Å². The molecular weight excluding hydrogens is 495 g/mol. The minimum absolute atomic E-state index is 0.00426. The van der Waals surface area contributed by atoms with Crippen molar-refractivity contribution < 1.29 is 51.3 Å². The minimum Gasteiger partial charge on any atom is -0.503 e. The molecule has 1 heterocycles. The van der Waals surface area contributed by atoms with Gasteiger partial charge in [0.1, 0.15) is 5.75 Å². The van der Waals surface area contributed by atoms with Crippen molar-refractivity contribution in [1.29, 1.82) is 0 Å². The maximum atomic E-state index is 15.0. The Bertz CT molecular complexity index is 1350. The third-order valence-corrected chi connectivity index (χ3v) is 5.41. The number of phenolic OH excluding ortho intramolecular Hbond substituents is 1. The van der Waals surface area contributed by atoms with Crippen LogP contribution in [0.5, 0.6) is 11.5 Å². The van der Waals surface area contributed by atoms with Crippen LogP contribution in [-0.4, -0.2) is 45.5 Å². The van der Waals surface area contributed by atoms with Crippen LogP contribution in [0, 0.1) is 18.6 Å². The Labute approximate surface area is 199 Å². The van der Waals surface area contributed by atoms with E-state index in [1.165, 1.54) is 13.8 Å². The van der Waals surface area contributed by atoms with Gasteiger partial charge < -0.3 is 20.3 Å². The molecule has 3 N–H and O–H groups in total. The number of hydrogen-bond donors (Lipinski definition) is 3. The fourth-order valence-electron chi connectivity index (χ4n) is 3.81. The number of carboxylic acid groups (broad SMARTS) is 1. The van der Waals surface area contributed by atoms with Crippen LogP contribution in [0.3, 0.4) is 0 Å². The van der Waals surface area contributed by atoms with Gasteiger partial charge in [0, 0.05) is 29.3 Å². The Morgan fingerprint density at radius 2 is 1.75 bits per heavy atom. The van der Waals surface area contributed by atoms with Crippen molar-refractivity contribution in [2.24, 2.45) is 0 Å². The Kier molecular flexibility index (Phi) is 7.22. The highest BCUT2D eigenvalue weighted by Gasteiger charge is 2.32. The predicted octanol–water partition coefficient (Wildman–Crippen LogP) is 4.22. The lowest BCUT2D eigenvalue weighted by molar-refractivity contribution is -0.274. The molecule has 0 aliphatic carbocycles. The van der Waals surface area contributed by atoms with E-state index in [0.717, 1.165) is 28.8 Å². The number of carboxylic acids is 1. The molecule has 1 aromatic heterocycles. The van der Waals surface area contributed by atoms with Crippen LogP contribution in [0.15, 0.2) is 30.3 Å². The number of hydrogen-bond acceptors (Lipinski definition) is 5. The van der Waals surface area contributed by atoms with E-state index < -0.39 is 58.6 Å². The van der Waals surface area contributed by atoms with Gasteiger partial charge in [0.2, 0.25) is 5.91 Å². The number of carbonyl (C=O) groups is 3. The van der Waals surface area contributed by atoms with E-state index in [0.29, 0.717) is 6.07 Å². The van der Waals surface area contributed by atoms with Crippen LogP contribution >= 0.6 is 0 Å². The summed E-state index contributed by atoms with van der Waals surface area (Å²) in [5.41, 5.74) is -0.573. The Hall–Kier alpha value is -4.16. The molecule has 0 bridgehead atoms. The molecule has 1 unspecified atom stereocenters. The van der Waals surface area contributed by atoms with Gasteiger partial charge in [0.05, 0.1) is 17.9 Å². The van der Waals surface area contributed by atoms with Crippen molar-refractivity contribution in [2.45, 2.75) is 32.5 Å². The number of carbonyl (C=O) groups excluding carboxylic acids is 2. The van der Waals surface area contributed by atoms with E-state index in [2.05, 4.69) is 10.1 Å². The number of halogens is 5. The van der Waals surface area contributed by atoms with E-state index in [1.54, 1.807) is 0 Å². The summed E-state index contributed by atoms with van der Waals surface area (Å²) in [6.45, 7) is 2.45. The molecule has 36 heavy (non-hydrogen) atoms. The van der Waals surface area contributed by atoms with Crippen LogP contribution in [-0.2, 0) is 9.59 Å². The number of alkyl halides is 3. The summed E-state index contributed by atoms with van der Waals surface area (Å²) in [5, 5.41) is 20.5. The lowest BCUT2D eigenvalue weighted by Crippen LogP contribution is -2.30. The summed E-state index contributed by atoms with van der Waals surface area (Å²) in [4.78, 5) is 36.6. The van der Waals surface area contributed by atoms with Crippen LogP contribution in [0.2, 0.25) is 0 Å². The molecule has 0 saturated carbocycles. The standard InChI is InChI=1S/C23H19F5N2O6/c1-10(21(34)29-8-7-16(31)32)17-11(2)30(15-9-14(24)20(33)19(25)18(15)17)22(35)12-3-5-13(6-4-12)36-23(26,27)28/h3-6,9-10,33H,7-8H2,1-2H3,(H,29,34)(H,31,32). The summed E-state index contributed by atoms with van der Waals surface area (Å²) in [7, 11) is 0. The average Bonchev–Trinajstić information content (AvgIpc) is 3.07. The lowest BCUT2D eigenvalue weighted by atomic mass is 9.96. The number of aromatic nitrogens is 1. The maximum Gasteiger partial charge on any atom is 0.573 e. The summed E-state index contributed by atoms with van der Waals surface area (Å²) >= 11 is 0. The minimum atomic E-state index is -4.95. The first kappa shape index (κ1) is 26.4. The van der Waals surface area contributed by atoms with E-state index in [1.807, 2.05) is 0 Å². The third kappa shape index (κ3) is 5.24. The highest BCUT2D eigenvalue weighted by atomic mass is 19.4. The molecule has 8 nitrogen and oxygen atoms in total. The largest absolute Gasteiger partial charge is 0.573 e. The Morgan fingerprint density at radius 1 is 1.14 bits per heavy atom. The van der Waals surface area contributed by atoms with Gasteiger partial charge in [-0.25, -0.2) is 8.78 Å². The van der Waals surface area contributed by atoms with Gasteiger partial charge in [-0.2, -0.15) is 0 Å². The molecule has 0 aliphatic heterocycles. The van der Waals surface area contributed by atoms with Crippen molar-refractivity contribution in [3.05, 3.63) is 58.8 Å². The molecule has 0 radical (unpaired) electrons. The zero-order valence-electron chi connectivity index (χ0n) is 18.7. The smallest absolute Gasteiger partial charge is 0.503 e. The van der Waals surface area contributed by atoms with E-state index in [4.69, 9.17) is 5.11 Å². The molecule has 3 aromatic rings. The third-order valence-electron chi connectivity index (χ3n) is 5.41. The Morgan fingerprint density at radius 3 is 2.31 bits per heavy atom. The molecule has 3 rings (SSSR count). The Balaban J connectivity index is 2.11. The normalized spacial score (nSPS) is 12.4. The van der Waals surface area contributed by atoms with E-state index in [-0.39, 0.29) is 35.3 Å². The number of aliphatic carboxylic acids is 1. The van der Waals surface area contributed by atoms with Crippen molar-refractivity contribution in [3.8, 4) is 11.5 Å². The van der Waals surface area contributed by atoms with Crippen LogP contribution in [0.25, 0.3) is 10.9 Å². The fourth-order valence-corrected chi connectivity index (χ4v) is 3.81. The number of benzene rings is 2. The number of nitrogens with zero attached hydrogens (tertiary/aromatic N) is 1. The molecule has 2 aromatic carbocycles. The van der Waals surface area contributed by atoms with Gasteiger partial charge in [0.15, 0.2) is 17.4 Å². The average molecular weight is 514 g/mol. The second-order valence-corrected chi connectivity index (χ2v) is 7.78. The van der Waals surface area contributed by atoms with Gasteiger partial charge in [-0.05, 0) is 43.7 Å². The quantitative estimate of drug-likeness (QED) is 0.407. The second-order valence-electron chi connectivity index (χ2n) is 7.78. The molecule has 1 amide bonds. The van der Waals surface area contributed by atoms with E-state index in [9.17, 15) is 37.1 Å². The molecule has 13 heteroatoms. The molecule has 0 saturated heterocycles. The van der Waals surface area contributed by atoms with Gasteiger partial charge >= 0.3 is 12.3 Å². The van der Waals surface area contributed by atoms with Crippen molar-refractivity contribution in [3.63, 3.8) is 0 Å². The molecule has 0 spiro atoms. The van der Waals surface area contributed by atoms with Gasteiger partial charge in [-0.1, -0.05) is 0 Å². The summed E-state index contributed by atoms with van der Waals surface area (Å²) in [5.74, 6) is -8.67. The molecular formula is C23H19F5N2O6. The number of aromatic hydroxyl groups is 1. The van der Waals surface area contributed by atoms with Crippen LogP contribution in [0.4, 0.5) is 22.0 Å². The lowest BCUT2D eigenvalue weighted by Gasteiger charge is -2.14. The van der Waals surface area contributed by atoms with E-state index >= 15 is 4.39 Å².